The Balaban J connectivity index is 1.48. The molecule has 12 heteroatoms. The number of aryl methyl sites for hydroxylation is 2. The van der Waals surface area contributed by atoms with Gasteiger partial charge in [-0.3, -0.25) is 4.79 Å². The van der Waals surface area contributed by atoms with Gasteiger partial charge in [0.05, 0.1) is 28.4 Å². The van der Waals surface area contributed by atoms with Crippen LogP contribution in [0.15, 0.2) is 61.1 Å². The molecule has 0 bridgehead atoms. The molecule has 3 N–H and O–H groups in total. The van der Waals surface area contributed by atoms with Crippen molar-refractivity contribution in [1.82, 2.24) is 34.8 Å². The lowest BCUT2D eigenvalue weighted by atomic mass is 10.1. The Bertz CT molecular complexity index is 1700. The van der Waals surface area contributed by atoms with Gasteiger partial charge >= 0.3 is 6.18 Å². The number of fused-ring (bicyclic) bond motifs is 1. The highest BCUT2D eigenvalue weighted by Crippen LogP contribution is 2.35. The Morgan fingerprint density at radius 3 is 2.23 bits per heavy atom. The van der Waals surface area contributed by atoms with Gasteiger partial charge in [0.2, 0.25) is 0 Å². The van der Waals surface area contributed by atoms with Gasteiger partial charge in [-0.05, 0) is 39.8 Å². The summed E-state index contributed by atoms with van der Waals surface area (Å²) in [5.74, 6) is -0.673. The number of hydrogen-bond donors (Lipinski definition) is 2. The largest absolute Gasteiger partial charge is 0.434 e. The summed E-state index contributed by atoms with van der Waals surface area (Å²) < 4.78 is 44.7. The van der Waals surface area contributed by atoms with E-state index in [0.717, 1.165) is 27.6 Å². The SMILES string of the molecule is Cc1ccc(-c2nn(C(C)(C)CNC(=O)c3cnn(-c4ccc(C)cc4)c3C(F)(F)F)c3ncnc(N)c23)cc1. The maximum atomic E-state index is 14.1. The van der Waals surface area contributed by atoms with Crippen LogP contribution in [-0.4, -0.2) is 42.0 Å². The first kappa shape index (κ1) is 26.9. The number of aromatic nitrogens is 6. The van der Waals surface area contributed by atoms with Gasteiger partial charge in [0.15, 0.2) is 11.3 Å². The maximum absolute atomic E-state index is 14.1. The number of alkyl halides is 3. The molecule has 206 valence electrons. The van der Waals surface area contributed by atoms with E-state index >= 15 is 0 Å². The van der Waals surface area contributed by atoms with Gasteiger partial charge < -0.3 is 11.1 Å². The third-order valence-electron chi connectivity index (χ3n) is 6.63. The van der Waals surface area contributed by atoms with Crippen molar-refractivity contribution in [3.8, 4) is 16.9 Å². The lowest BCUT2D eigenvalue weighted by Gasteiger charge is -2.26. The number of nitrogens with one attached hydrogen (secondary N) is 1. The van der Waals surface area contributed by atoms with Gasteiger partial charge in [0, 0.05) is 12.1 Å². The van der Waals surface area contributed by atoms with E-state index < -0.39 is 28.9 Å². The topological polar surface area (TPSA) is 117 Å². The number of anilines is 1. The number of benzene rings is 2. The number of carbonyl (C=O) groups excluding carboxylic acids is 1. The second kappa shape index (κ2) is 9.78. The molecule has 9 nitrogen and oxygen atoms in total. The Morgan fingerprint density at radius 1 is 0.975 bits per heavy atom. The molecule has 0 aliphatic rings. The standard InChI is InChI=1S/C28H27F3N8O/c1-16-5-9-18(10-6-16)22-21-24(32)34-15-35-25(21)39(37-22)27(3,4)14-33-26(40)20-13-36-38(23(20)28(29,30)31)19-11-7-17(2)8-12-19/h5-13,15H,14H2,1-4H3,(H,33,40)(H2,32,34,35). The van der Waals surface area contributed by atoms with Gasteiger partial charge in [0.1, 0.15) is 17.8 Å². The van der Waals surface area contributed by atoms with Crippen LogP contribution >= 0.6 is 0 Å². The minimum Gasteiger partial charge on any atom is -0.383 e. The predicted molar refractivity (Wildman–Crippen MR) is 145 cm³/mol. The van der Waals surface area contributed by atoms with Crippen molar-refractivity contribution < 1.29 is 18.0 Å². The molecule has 0 fully saturated rings. The molecular formula is C28H27F3N8O. The van der Waals surface area contributed by atoms with E-state index in [1.54, 1.807) is 30.7 Å². The molecule has 0 saturated carbocycles. The van der Waals surface area contributed by atoms with Gasteiger partial charge in [-0.15, -0.1) is 0 Å². The lowest BCUT2D eigenvalue weighted by molar-refractivity contribution is -0.143. The first-order chi connectivity index (χ1) is 18.9. The zero-order valence-corrected chi connectivity index (χ0v) is 22.3. The lowest BCUT2D eigenvalue weighted by Crippen LogP contribution is -2.42. The van der Waals surface area contributed by atoms with Crippen LogP contribution in [0.1, 0.15) is 41.0 Å². The summed E-state index contributed by atoms with van der Waals surface area (Å²) >= 11 is 0. The number of nitrogens with two attached hydrogens (primary N) is 1. The van der Waals surface area contributed by atoms with Gasteiger partial charge in [0.25, 0.3) is 5.91 Å². The summed E-state index contributed by atoms with van der Waals surface area (Å²) in [4.78, 5) is 21.6. The van der Waals surface area contributed by atoms with Crippen LogP contribution in [0.3, 0.4) is 0 Å². The monoisotopic (exact) mass is 548 g/mol. The summed E-state index contributed by atoms with van der Waals surface area (Å²) in [5.41, 5.74) is 7.50. The Labute approximate surface area is 227 Å². The molecule has 0 unspecified atom stereocenters. The van der Waals surface area contributed by atoms with Crippen LogP contribution < -0.4 is 11.1 Å². The van der Waals surface area contributed by atoms with Gasteiger partial charge in [-0.1, -0.05) is 47.5 Å². The average Bonchev–Trinajstić information content (AvgIpc) is 3.52. The zero-order valence-electron chi connectivity index (χ0n) is 22.3. The molecule has 0 saturated heterocycles. The van der Waals surface area contributed by atoms with E-state index in [1.807, 2.05) is 38.1 Å². The molecule has 3 aromatic heterocycles. The molecule has 3 heterocycles. The molecule has 2 aromatic carbocycles. The summed E-state index contributed by atoms with van der Waals surface area (Å²) in [5, 5.41) is 11.8. The molecular weight excluding hydrogens is 521 g/mol. The van der Waals surface area contributed by atoms with E-state index in [-0.39, 0.29) is 18.1 Å². The maximum Gasteiger partial charge on any atom is 0.434 e. The predicted octanol–water partition coefficient (Wildman–Crippen LogP) is 5.06. The van der Waals surface area contributed by atoms with Crippen molar-refractivity contribution in [2.75, 3.05) is 12.3 Å². The van der Waals surface area contributed by atoms with Crippen molar-refractivity contribution >= 4 is 22.8 Å². The van der Waals surface area contributed by atoms with Crippen LogP contribution in [-0.2, 0) is 11.7 Å². The van der Waals surface area contributed by atoms with Crippen LogP contribution in [0.25, 0.3) is 28.0 Å². The van der Waals surface area contributed by atoms with Crippen molar-refractivity contribution in [2.24, 2.45) is 0 Å². The van der Waals surface area contributed by atoms with Crippen LogP contribution in [0, 0.1) is 13.8 Å². The number of nitrogen functional groups attached to an aromatic ring is 1. The van der Waals surface area contributed by atoms with Gasteiger partial charge in [-0.2, -0.15) is 23.4 Å². The zero-order chi connectivity index (χ0) is 28.8. The second-order valence-corrected chi connectivity index (χ2v) is 10.2. The Morgan fingerprint density at radius 2 is 1.60 bits per heavy atom. The Hall–Kier alpha value is -4.74. The molecule has 0 spiro atoms. The number of hydrogen-bond acceptors (Lipinski definition) is 6. The van der Waals surface area contributed by atoms with Crippen molar-refractivity contribution in [3.63, 3.8) is 0 Å². The average molecular weight is 549 g/mol. The minimum absolute atomic E-state index is 0.0626. The molecule has 0 atom stereocenters. The highest BCUT2D eigenvalue weighted by molar-refractivity contribution is 5.98. The van der Waals surface area contributed by atoms with E-state index in [1.165, 1.54) is 18.5 Å². The van der Waals surface area contributed by atoms with Crippen molar-refractivity contribution in [3.05, 3.63) is 83.4 Å². The molecule has 1 amide bonds. The summed E-state index contributed by atoms with van der Waals surface area (Å²) in [6.07, 6.45) is -2.57. The van der Waals surface area contributed by atoms with Crippen LogP contribution in [0.4, 0.5) is 19.0 Å². The minimum atomic E-state index is -4.82. The smallest absolute Gasteiger partial charge is 0.383 e. The van der Waals surface area contributed by atoms with E-state index in [2.05, 4.69) is 20.4 Å². The fourth-order valence-electron chi connectivity index (χ4n) is 4.45. The van der Waals surface area contributed by atoms with E-state index in [9.17, 15) is 18.0 Å². The number of halogens is 3. The highest BCUT2D eigenvalue weighted by Gasteiger charge is 2.41. The second-order valence-electron chi connectivity index (χ2n) is 10.2. The quantitative estimate of drug-likeness (QED) is 0.306. The van der Waals surface area contributed by atoms with Crippen LogP contribution in [0.2, 0.25) is 0 Å². The molecule has 0 aliphatic heterocycles. The van der Waals surface area contributed by atoms with E-state index in [4.69, 9.17) is 10.8 Å². The number of amides is 1. The molecule has 0 radical (unpaired) electrons. The third kappa shape index (κ3) is 4.88. The fraction of sp³-hybridized carbons (Fsp3) is 0.250. The van der Waals surface area contributed by atoms with E-state index in [0.29, 0.717) is 16.7 Å². The van der Waals surface area contributed by atoms with Crippen molar-refractivity contribution in [2.45, 2.75) is 39.4 Å². The number of carbonyl (C=O) groups is 1. The summed E-state index contributed by atoms with van der Waals surface area (Å²) in [6, 6.07) is 14.1. The molecule has 0 aliphatic carbocycles. The molecule has 5 rings (SSSR count). The molecule has 40 heavy (non-hydrogen) atoms. The number of rotatable bonds is 6. The molecule has 5 aromatic rings. The van der Waals surface area contributed by atoms with Crippen LogP contribution in [0.5, 0.6) is 0 Å². The fourth-order valence-corrected chi connectivity index (χ4v) is 4.45. The first-order valence-corrected chi connectivity index (χ1v) is 12.4. The van der Waals surface area contributed by atoms with Gasteiger partial charge in [-0.25, -0.2) is 19.3 Å². The first-order valence-electron chi connectivity index (χ1n) is 12.4. The normalized spacial score (nSPS) is 12.2. The summed E-state index contributed by atoms with van der Waals surface area (Å²) in [7, 11) is 0. The highest BCUT2D eigenvalue weighted by atomic mass is 19.4. The third-order valence-corrected chi connectivity index (χ3v) is 6.63. The van der Waals surface area contributed by atoms with Crippen molar-refractivity contribution in [1.29, 1.82) is 0 Å². The number of nitrogens with zero attached hydrogens (tertiary/aromatic N) is 6. The Kier molecular flexibility index (Phi) is 6.56. The summed E-state index contributed by atoms with van der Waals surface area (Å²) in [6.45, 7) is 7.31.